The van der Waals surface area contributed by atoms with E-state index in [2.05, 4.69) is 29.5 Å². The van der Waals surface area contributed by atoms with Crippen molar-refractivity contribution in [3.05, 3.63) is 53.4 Å². The molecule has 1 aromatic carbocycles. The van der Waals surface area contributed by atoms with Crippen molar-refractivity contribution in [1.82, 2.24) is 5.16 Å². The molecule has 0 aliphatic heterocycles. The summed E-state index contributed by atoms with van der Waals surface area (Å²) in [5, 5.41) is 9.24. The average molecular weight is 256 g/mol. The van der Waals surface area contributed by atoms with Crippen LogP contribution in [0.2, 0.25) is 0 Å². The predicted molar refractivity (Wildman–Crippen MR) is 74.3 cm³/mol. The quantitative estimate of drug-likeness (QED) is 0.752. The SMILES string of the molecule is Cc1ccc(Nc2cc(-c3cccs3)on2)cc1. The molecule has 0 aliphatic carbocycles. The van der Waals surface area contributed by atoms with Crippen molar-refractivity contribution < 1.29 is 4.52 Å². The van der Waals surface area contributed by atoms with E-state index >= 15 is 0 Å². The maximum absolute atomic E-state index is 5.30. The molecule has 0 radical (unpaired) electrons. The van der Waals surface area contributed by atoms with Crippen LogP contribution in [-0.2, 0) is 0 Å². The number of anilines is 2. The lowest BCUT2D eigenvalue weighted by Gasteiger charge is -2.01. The second kappa shape index (κ2) is 4.66. The number of nitrogens with zero attached hydrogens (tertiary/aromatic N) is 1. The molecule has 2 aromatic heterocycles. The smallest absolute Gasteiger partial charge is 0.179 e. The molecule has 0 fully saturated rings. The molecule has 3 rings (SSSR count). The van der Waals surface area contributed by atoms with Gasteiger partial charge in [0.1, 0.15) is 0 Å². The standard InChI is InChI=1S/C14H12N2OS/c1-10-4-6-11(7-5-10)15-14-9-12(17-16-14)13-3-2-8-18-13/h2-9H,1H3,(H,15,16). The van der Waals surface area contributed by atoms with Crippen molar-refractivity contribution in [3.63, 3.8) is 0 Å². The topological polar surface area (TPSA) is 38.1 Å². The Kier molecular flexibility index (Phi) is 2.86. The summed E-state index contributed by atoms with van der Waals surface area (Å²) in [5.74, 6) is 1.52. The Hall–Kier alpha value is -2.07. The molecule has 0 saturated heterocycles. The zero-order chi connectivity index (χ0) is 12.4. The highest BCUT2D eigenvalue weighted by Gasteiger charge is 2.07. The first-order valence-electron chi connectivity index (χ1n) is 5.65. The Morgan fingerprint density at radius 1 is 1.17 bits per heavy atom. The molecule has 2 heterocycles. The molecule has 4 heteroatoms. The van der Waals surface area contributed by atoms with Crippen LogP contribution < -0.4 is 5.32 Å². The minimum Gasteiger partial charge on any atom is -0.353 e. The summed E-state index contributed by atoms with van der Waals surface area (Å²) in [4.78, 5) is 1.08. The van der Waals surface area contributed by atoms with Crippen molar-refractivity contribution >= 4 is 22.8 Å². The van der Waals surface area contributed by atoms with Crippen molar-refractivity contribution in [3.8, 4) is 10.6 Å². The van der Waals surface area contributed by atoms with Crippen LogP contribution in [0.1, 0.15) is 5.56 Å². The van der Waals surface area contributed by atoms with Crippen LogP contribution in [-0.4, -0.2) is 5.16 Å². The van der Waals surface area contributed by atoms with Crippen LogP contribution in [0.3, 0.4) is 0 Å². The molecule has 0 amide bonds. The average Bonchev–Trinajstić information content (AvgIpc) is 3.02. The van der Waals surface area contributed by atoms with Crippen LogP contribution in [0, 0.1) is 6.92 Å². The highest BCUT2D eigenvalue weighted by atomic mass is 32.1. The van der Waals surface area contributed by atoms with Gasteiger partial charge in [0, 0.05) is 11.8 Å². The van der Waals surface area contributed by atoms with Gasteiger partial charge in [-0.15, -0.1) is 11.3 Å². The van der Waals surface area contributed by atoms with Gasteiger partial charge in [-0.05, 0) is 30.5 Å². The second-order valence-electron chi connectivity index (χ2n) is 4.04. The third-order valence-electron chi connectivity index (χ3n) is 2.60. The fourth-order valence-corrected chi connectivity index (χ4v) is 2.33. The van der Waals surface area contributed by atoms with Crippen LogP contribution in [0.4, 0.5) is 11.5 Å². The molecule has 0 unspecified atom stereocenters. The molecular weight excluding hydrogens is 244 g/mol. The maximum atomic E-state index is 5.30. The van der Waals surface area contributed by atoms with Gasteiger partial charge in [0.2, 0.25) is 0 Å². The summed E-state index contributed by atoms with van der Waals surface area (Å²) in [6.45, 7) is 2.06. The van der Waals surface area contributed by atoms with Crippen LogP contribution in [0.25, 0.3) is 10.6 Å². The number of benzene rings is 1. The van der Waals surface area contributed by atoms with Crippen LogP contribution in [0.15, 0.2) is 52.4 Å². The Balaban J connectivity index is 1.80. The normalized spacial score (nSPS) is 10.5. The first-order valence-corrected chi connectivity index (χ1v) is 6.53. The minimum absolute atomic E-state index is 0.724. The van der Waals surface area contributed by atoms with Crippen molar-refractivity contribution in [2.75, 3.05) is 5.32 Å². The number of aromatic nitrogens is 1. The minimum atomic E-state index is 0.724. The number of thiophene rings is 1. The van der Waals surface area contributed by atoms with E-state index in [1.807, 2.05) is 35.7 Å². The van der Waals surface area contributed by atoms with E-state index < -0.39 is 0 Å². The lowest BCUT2D eigenvalue weighted by molar-refractivity contribution is 0.436. The summed E-state index contributed by atoms with van der Waals surface area (Å²) >= 11 is 1.64. The first-order chi connectivity index (χ1) is 8.81. The molecule has 0 aliphatic rings. The Morgan fingerprint density at radius 3 is 2.72 bits per heavy atom. The van der Waals surface area contributed by atoms with E-state index in [1.165, 1.54) is 5.56 Å². The predicted octanol–water partition coefficient (Wildman–Crippen LogP) is 4.46. The lowest BCUT2D eigenvalue weighted by Crippen LogP contribution is -1.89. The molecule has 1 N–H and O–H groups in total. The van der Waals surface area contributed by atoms with E-state index in [0.717, 1.165) is 22.1 Å². The van der Waals surface area contributed by atoms with Gasteiger partial charge in [0.05, 0.1) is 4.88 Å². The van der Waals surface area contributed by atoms with Gasteiger partial charge in [-0.25, -0.2) is 0 Å². The van der Waals surface area contributed by atoms with E-state index in [1.54, 1.807) is 11.3 Å². The van der Waals surface area contributed by atoms with Gasteiger partial charge in [0.15, 0.2) is 11.6 Å². The van der Waals surface area contributed by atoms with E-state index in [0.29, 0.717) is 0 Å². The van der Waals surface area contributed by atoms with Crippen molar-refractivity contribution in [1.29, 1.82) is 0 Å². The first kappa shape index (κ1) is 11.0. The van der Waals surface area contributed by atoms with E-state index in [4.69, 9.17) is 4.52 Å². The van der Waals surface area contributed by atoms with Gasteiger partial charge < -0.3 is 9.84 Å². The molecule has 0 spiro atoms. The molecule has 3 nitrogen and oxygen atoms in total. The second-order valence-corrected chi connectivity index (χ2v) is 4.99. The summed E-state index contributed by atoms with van der Waals surface area (Å²) in [6.07, 6.45) is 0. The molecule has 3 aromatic rings. The zero-order valence-electron chi connectivity index (χ0n) is 9.88. The Morgan fingerprint density at radius 2 is 2.00 bits per heavy atom. The Labute approximate surface area is 109 Å². The summed E-state index contributed by atoms with van der Waals surface area (Å²) in [6, 6.07) is 14.1. The Bertz CT molecular complexity index is 626. The number of nitrogens with one attached hydrogen (secondary N) is 1. The fraction of sp³-hybridized carbons (Fsp3) is 0.0714. The van der Waals surface area contributed by atoms with E-state index in [9.17, 15) is 0 Å². The van der Waals surface area contributed by atoms with Crippen molar-refractivity contribution in [2.24, 2.45) is 0 Å². The number of hydrogen-bond donors (Lipinski definition) is 1. The van der Waals surface area contributed by atoms with E-state index in [-0.39, 0.29) is 0 Å². The number of rotatable bonds is 3. The monoisotopic (exact) mass is 256 g/mol. The van der Waals surface area contributed by atoms with Crippen molar-refractivity contribution in [2.45, 2.75) is 6.92 Å². The lowest BCUT2D eigenvalue weighted by atomic mass is 10.2. The maximum Gasteiger partial charge on any atom is 0.179 e. The van der Waals surface area contributed by atoms with Gasteiger partial charge in [-0.3, -0.25) is 0 Å². The summed E-state index contributed by atoms with van der Waals surface area (Å²) in [5.41, 5.74) is 2.24. The van der Waals surface area contributed by atoms with Crippen LogP contribution in [0.5, 0.6) is 0 Å². The number of aryl methyl sites for hydroxylation is 1. The highest BCUT2D eigenvalue weighted by Crippen LogP contribution is 2.27. The van der Waals surface area contributed by atoms with Gasteiger partial charge in [-0.1, -0.05) is 28.9 Å². The third kappa shape index (κ3) is 2.28. The fourth-order valence-electron chi connectivity index (χ4n) is 1.65. The highest BCUT2D eigenvalue weighted by molar-refractivity contribution is 7.13. The summed E-state index contributed by atoms with van der Waals surface area (Å²) in [7, 11) is 0. The molecule has 0 bridgehead atoms. The van der Waals surface area contributed by atoms with Gasteiger partial charge in [0.25, 0.3) is 0 Å². The summed E-state index contributed by atoms with van der Waals surface area (Å²) < 4.78 is 5.30. The zero-order valence-corrected chi connectivity index (χ0v) is 10.7. The largest absolute Gasteiger partial charge is 0.353 e. The molecular formula is C14H12N2OS. The molecule has 90 valence electrons. The van der Waals surface area contributed by atoms with Gasteiger partial charge >= 0.3 is 0 Å². The molecule has 18 heavy (non-hydrogen) atoms. The number of hydrogen-bond acceptors (Lipinski definition) is 4. The molecule has 0 saturated carbocycles. The third-order valence-corrected chi connectivity index (χ3v) is 3.48. The molecule has 0 atom stereocenters. The van der Waals surface area contributed by atoms with Gasteiger partial charge in [-0.2, -0.15) is 0 Å². The van der Waals surface area contributed by atoms with Crippen LogP contribution >= 0.6 is 11.3 Å².